The minimum atomic E-state index is 0.102. The first-order valence-corrected chi connectivity index (χ1v) is 7.64. The summed E-state index contributed by atoms with van der Waals surface area (Å²) in [5, 5.41) is 3.43. The van der Waals surface area contributed by atoms with Crippen LogP contribution in [0.4, 0.5) is 6.01 Å². The molecule has 1 aromatic heterocycles. The summed E-state index contributed by atoms with van der Waals surface area (Å²) in [4.78, 5) is 9.33. The summed E-state index contributed by atoms with van der Waals surface area (Å²) < 4.78 is 5.62. The van der Waals surface area contributed by atoms with Crippen molar-refractivity contribution in [2.24, 2.45) is 0 Å². The topological polar surface area (TPSA) is 44.5 Å². The number of oxazole rings is 1. The highest BCUT2D eigenvalue weighted by Crippen LogP contribution is 2.16. The second kappa shape index (κ2) is 6.59. The van der Waals surface area contributed by atoms with Crippen molar-refractivity contribution in [3.8, 4) is 0 Å². The van der Waals surface area contributed by atoms with Crippen LogP contribution in [0.25, 0.3) is 0 Å². The molecule has 0 radical (unpaired) electrons. The van der Waals surface area contributed by atoms with Gasteiger partial charge in [0.05, 0.1) is 5.69 Å². The van der Waals surface area contributed by atoms with Gasteiger partial charge in [0.2, 0.25) is 0 Å². The minimum absolute atomic E-state index is 0.102. The Bertz CT molecular complexity index is 402. The van der Waals surface area contributed by atoms with Crippen LogP contribution in [0.3, 0.4) is 0 Å². The molecule has 0 spiro atoms. The lowest BCUT2D eigenvalue weighted by Gasteiger charge is -2.33. The third-order valence-electron chi connectivity index (χ3n) is 3.52. The summed E-state index contributed by atoms with van der Waals surface area (Å²) in [7, 11) is 0. The van der Waals surface area contributed by atoms with Crippen LogP contribution in [0.1, 0.15) is 39.8 Å². The van der Waals surface area contributed by atoms with Gasteiger partial charge in [-0.25, -0.2) is 0 Å². The molecule has 1 aliphatic rings. The lowest BCUT2D eigenvalue weighted by Crippen LogP contribution is -2.46. The average Bonchev–Trinajstić information content (AvgIpc) is 2.86. The maximum absolute atomic E-state index is 5.62. The fourth-order valence-electron chi connectivity index (χ4n) is 2.36. The molecule has 1 aliphatic heterocycles. The van der Waals surface area contributed by atoms with Gasteiger partial charge in [0.1, 0.15) is 6.26 Å². The summed E-state index contributed by atoms with van der Waals surface area (Å²) >= 11 is 0. The molecular weight excluding hydrogens is 252 g/mol. The molecule has 0 unspecified atom stereocenters. The monoisotopic (exact) mass is 280 g/mol. The molecule has 20 heavy (non-hydrogen) atoms. The third kappa shape index (κ3) is 4.49. The second-order valence-electron chi connectivity index (χ2n) is 6.55. The highest BCUT2D eigenvalue weighted by atomic mass is 16.4. The zero-order valence-corrected chi connectivity index (χ0v) is 13.3. The predicted octanol–water partition coefficient (Wildman–Crippen LogP) is 2.09. The number of nitrogens with zero attached hydrogens (tertiary/aromatic N) is 3. The van der Waals surface area contributed by atoms with Crippen molar-refractivity contribution >= 4 is 6.01 Å². The van der Waals surface area contributed by atoms with Crippen LogP contribution >= 0.6 is 0 Å². The number of rotatable bonds is 5. The zero-order valence-electron chi connectivity index (χ0n) is 13.3. The number of hydrogen-bond acceptors (Lipinski definition) is 5. The summed E-state index contributed by atoms with van der Waals surface area (Å²) in [5.41, 5.74) is 1.08. The zero-order chi connectivity index (χ0) is 14.6. The lowest BCUT2D eigenvalue weighted by molar-refractivity contribution is 0.253. The van der Waals surface area contributed by atoms with Gasteiger partial charge in [-0.3, -0.25) is 4.90 Å². The average molecular weight is 280 g/mol. The van der Waals surface area contributed by atoms with Crippen LogP contribution in [-0.2, 0) is 6.54 Å². The molecule has 1 N–H and O–H groups in total. The Labute approximate surface area is 122 Å². The van der Waals surface area contributed by atoms with E-state index in [1.807, 2.05) is 0 Å². The molecule has 1 fully saturated rings. The normalized spacial score (nSPS) is 17.7. The number of hydrogen-bond donors (Lipinski definition) is 1. The van der Waals surface area contributed by atoms with E-state index in [4.69, 9.17) is 4.42 Å². The first-order valence-electron chi connectivity index (χ1n) is 7.64. The fraction of sp³-hybridized carbons (Fsp3) is 0.800. The summed E-state index contributed by atoms with van der Waals surface area (Å²) in [6, 6.07) is 0.770. The molecule has 0 atom stereocenters. The third-order valence-corrected chi connectivity index (χ3v) is 3.52. The van der Waals surface area contributed by atoms with Crippen molar-refractivity contribution in [3.05, 3.63) is 12.0 Å². The van der Waals surface area contributed by atoms with Gasteiger partial charge < -0.3 is 14.6 Å². The minimum Gasteiger partial charge on any atom is -0.432 e. The fourth-order valence-corrected chi connectivity index (χ4v) is 2.36. The van der Waals surface area contributed by atoms with Gasteiger partial charge in [0, 0.05) is 38.3 Å². The Morgan fingerprint density at radius 3 is 2.55 bits per heavy atom. The molecule has 0 bridgehead atoms. The summed E-state index contributed by atoms with van der Waals surface area (Å²) in [5.74, 6) is 0. The molecule has 114 valence electrons. The van der Waals surface area contributed by atoms with Gasteiger partial charge in [-0.2, -0.15) is 4.98 Å². The maximum atomic E-state index is 5.62. The van der Waals surface area contributed by atoms with E-state index >= 15 is 0 Å². The Balaban J connectivity index is 1.84. The predicted molar refractivity (Wildman–Crippen MR) is 82.0 cm³/mol. The van der Waals surface area contributed by atoms with E-state index in [0.717, 1.165) is 44.4 Å². The molecule has 1 aromatic rings. The number of anilines is 1. The van der Waals surface area contributed by atoms with Gasteiger partial charge >= 0.3 is 0 Å². The molecular formula is C15H28N4O. The molecule has 0 aliphatic carbocycles. The number of aromatic nitrogens is 1. The Kier molecular flexibility index (Phi) is 5.05. The first-order chi connectivity index (χ1) is 9.48. The first kappa shape index (κ1) is 15.3. The maximum Gasteiger partial charge on any atom is 0.297 e. The van der Waals surface area contributed by atoms with E-state index in [2.05, 4.69) is 47.8 Å². The summed E-state index contributed by atoms with van der Waals surface area (Å²) in [6.07, 6.45) is 2.99. The molecule has 2 heterocycles. The molecule has 0 aromatic carbocycles. The van der Waals surface area contributed by atoms with E-state index < -0.39 is 0 Å². The standard InChI is InChI=1S/C15H28N4O/c1-5-6-18-7-9-19(10-8-18)14-17-13(12-20-14)11-16-15(2,3)4/h12,16H,5-11H2,1-4H3. The molecule has 0 saturated carbocycles. The molecule has 1 saturated heterocycles. The van der Waals surface area contributed by atoms with Gasteiger partial charge in [-0.1, -0.05) is 6.92 Å². The van der Waals surface area contributed by atoms with E-state index in [1.54, 1.807) is 6.26 Å². The van der Waals surface area contributed by atoms with Crippen molar-refractivity contribution in [3.63, 3.8) is 0 Å². The van der Waals surface area contributed by atoms with Gasteiger partial charge in [-0.15, -0.1) is 0 Å². The van der Waals surface area contributed by atoms with Gasteiger partial charge in [-0.05, 0) is 33.7 Å². The SMILES string of the molecule is CCCN1CCN(c2nc(CNC(C)(C)C)co2)CC1. The van der Waals surface area contributed by atoms with Crippen LogP contribution in [0.2, 0.25) is 0 Å². The Morgan fingerprint density at radius 1 is 1.25 bits per heavy atom. The largest absolute Gasteiger partial charge is 0.432 e. The van der Waals surface area contributed by atoms with Crippen molar-refractivity contribution in [2.75, 3.05) is 37.6 Å². The molecule has 2 rings (SSSR count). The number of nitrogens with one attached hydrogen (secondary N) is 1. The van der Waals surface area contributed by atoms with Crippen LogP contribution in [0.5, 0.6) is 0 Å². The highest BCUT2D eigenvalue weighted by Gasteiger charge is 2.20. The van der Waals surface area contributed by atoms with E-state index in [-0.39, 0.29) is 5.54 Å². The highest BCUT2D eigenvalue weighted by molar-refractivity contribution is 5.28. The molecule has 0 amide bonds. The summed E-state index contributed by atoms with van der Waals surface area (Å²) in [6.45, 7) is 14.9. The van der Waals surface area contributed by atoms with Crippen LogP contribution < -0.4 is 10.2 Å². The molecule has 5 heteroatoms. The van der Waals surface area contributed by atoms with Crippen molar-refractivity contribution in [2.45, 2.75) is 46.2 Å². The van der Waals surface area contributed by atoms with Crippen molar-refractivity contribution in [1.82, 2.24) is 15.2 Å². The molecule has 5 nitrogen and oxygen atoms in total. The second-order valence-corrected chi connectivity index (χ2v) is 6.55. The van der Waals surface area contributed by atoms with Crippen LogP contribution in [-0.4, -0.2) is 48.1 Å². The van der Waals surface area contributed by atoms with E-state index in [0.29, 0.717) is 0 Å². The number of piperazine rings is 1. The lowest BCUT2D eigenvalue weighted by atomic mass is 10.1. The van der Waals surface area contributed by atoms with Gasteiger partial charge in [0.15, 0.2) is 0 Å². The van der Waals surface area contributed by atoms with Gasteiger partial charge in [0.25, 0.3) is 6.01 Å². The van der Waals surface area contributed by atoms with E-state index in [9.17, 15) is 0 Å². The van der Waals surface area contributed by atoms with Crippen molar-refractivity contribution in [1.29, 1.82) is 0 Å². The van der Waals surface area contributed by atoms with Crippen molar-refractivity contribution < 1.29 is 4.42 Å². The smallest absolute Gasteiger partial charge is 0.297 e. The van der Waals surface area contributed by atoms with Crippen LogP contribution in [0, 0.1) is 0 Å². The Hall–Kier alpha value is -1.07. The Morgan fingerprint density at radius 2 is 1.95 bits per heavy atom. The quantitative estimate of drug-likeness (QED) is 0.895. The van der Waals surface area contributed by atoms with E-state index in [1.165, 1.54) is 13.0 Å². The van der Waals surface area contributed by atoms with Crippen LogP contribution in [0.15, 0.2) is 10.7 Å².